The summed E-state index contributed by atoms with van der Waals surface area (Å²) in [4.78, 5) is 279. The molecule has 0 bridgehead atoms. The number of carbonyl (C=O) groups excluding carboxylic acids is 18. The molecule has 45 nitrogen and oxygen atoms in total. The van der Waals surface area contributed by atoms with E-state index in [2.05, 4.69) is 120 Å². The number of para-hydroxylation sites is 2. The summed E-state index contributed by atoms with van der Waals surface area (Å²) in [6, 6.07) is -1.83. The van der Waals surface area contributed by atoms with E-state index in [-0.39, 0.29) is 92.9 Å². The topological polar surface area (TPSA) is 702 Å². The van der Waals surface area contributed by atoms with Gasteiger partial charge in [0, 0.05) is 84.4 Å². The number of likely N-dealkylation sites (tertiary alicyclic amines) is 1. The third-order valence-electron chi connectivity index (χ3n) is 21.6. The molecular formula is C88H125N21O24S2. The first-order valence-electron chi connectivity index (χ1n) is 44.0. The number of carboxylic acid groups (broad SMARTS) is 2. The number of aromatic nitrogens is 2. The van der Waals surface area contributed by atoms with Crippen molar-refractivity contribution in [2.75, 3.05) is 44.3 Å². The van der Waals surface area contributed by atoms with Gasteiger partial charge in [0.25, 0.3) is 0 Å². The number of nitrogens with one attached hydrogen (secondary N) is 18. The van der Waals surface area contributed by atoms with Gasteiger partial charge < -0.3 is 132 Å². The zero-order chi connectivity index (χ0) is 100. The monoisotopic (exact) mass is 1920 g/mol. The molecule has 0 aliphatic carbocycles. The lowest BCUT2D eigenvalue weighted by Gasteiger charge is -2.30. The number of aliphatic hydroxyl groups excluding tert-OH is 1. The highest BCUT2D eigenvalue weighted by molar-refractivity contribution is 7.80. The summed E-state index contributed by atoms with van der Waals surface area (Å²) in [5.41, 5.74) is 14.2. The molecule has 1 fully saturated rings. The number of aliphatic hydroxyl groups is 1. The van der Waals surface area contributed by atoms with E-state index in [4.69, 9.17) is 11.5 Å². The first-order valence-corrected chi connectivity index (χ1v) is 45.3. The molecular weight excluding hydrogens is 1800 g/mol. The second kappa shape index (κ2) is 54.1. The Labute approximate surface area is 788 Å². The molecule has 26 N–H and O–H groups in total. The maximum Gasteiger partial charge on any atom is 0.325 e. The fourth-order valence-electron chi connectivity index (χ4n) is 14.4. The number of hydrogen-bond acceptors (Lipinski definition) is 25. The highest BCUT2D eigenvalue weighted by atomic mass is 32.1. The molecule has 2 aromatic heterocycles. The van der Waals surface area contributed by atoms with Crippen molar-refractivity contribution >= 4 is 165 Å². The van der Waals surface area contributed by atoms with E-state index in [0.717, 1.165) is 0 Å². The molecule has 5 aromatic rings. The molecule has 0 unspecified atom stereocenters. The van der Waals surface area contributed by atoms with Crippen LogP contribution < -0.4 is 96.5 Å². The van der Waals surface area contributed by atoms with Gasteiger partial charge in [0.05, 0.1) is 32.3 Å². The van der Waals surface area contributed by atoms with Crippen molar-refractivity contribution in [2.24, 2.45) is 29.2 Å². The van der Waals surface area contributed by atoms with Crippen molar-refractivity contribution in [2.45, 2.75) is 230 Å². The van der Waals surface area contributed by atoms with Crippen LogP contribution >= 0.6 is 25.3 Å². The minimum Gasteiger partial charge on any atom is -0.508 e. The number of rotatable bonds is 55. The number of nitrogens with zero attached hydrogens (tertiary/aromatic N) is 1. The molecule has 47 heteroatoms. The average molecular weight is 1930 g/mol. The van der Waals surface area contributed by atoms with Crippen molar-refractivity contribution in [1.29, 1.82) is 0 Å². The summed E-state index contributed by atoms with van der Waals surface area (Å²) in [6.07, 6.45) is 0.905. The number of thiol groups is 2. The minimum atomic E-state index is -1.81. The van der Waals surface area contributed by atoms with Gasteiger partial charge in [-0.3, -0.25) is 95.9 Å². The van der Waals surface area contributed by atoms with E-state index in [0.29, 0.717) is 38.5 Å². The van der Waals surface area contributed by atoms with Gasteiger partial charge in [0.2, 0.25) is 106 Å². The number of aromatic amines is 2. The Bertz CT molecular complexity index is 5050. The second-order valence-electron chi connectivity index (χ2n) is 34.1. The van der Waals surface area contributed by atoms with Gasteiger partial charge in [-0.15, -0.1) is 0 Å². The van der Waals surface area contributed by atoms with E-state index in [1.165, 1.54) is 49.9 Å². The molecule has 0 radical (unpaired) electrons. The third-order valence-corrected chi connectivity index (χ3v) is 22.4. The van der Waals surface area contributed by atoms with Crippen LogP contribution in [0.2, 0.25) is 0 Å². The number of fused-ring (bicyclic) bond motifs is 2. The van der Waals surface area contributed by atoms with Crippen molar-refractivity contribution in [3.05, 3.63) is 102 Å². The molecule has 15 atom stereocenters. The van der Waals surface area contributed by atoms with E-state index >= 15 is 0 Å². The molecule has 3 aromatic carbocycles. The van der Waals surface area contributed by atoms with Gasteiger partial charge in [-0.05, 0) is 124 Å². The first-order chi connectivity index (χ1) is 63.8. The maximum absolute atomic E-state index is 14.9. The minimum absolute atomic E-state index is 0.0125. The Morgan fingerprint density at radius 1 is 0.422 bits per heavy atom. The highest BCUT2D eigenvalue weighted by Crippen LogP contribution is 2.24. The third kappa shape index (κ3) is 35.8. The second-order valence-corrected chi connectivity index (χ2v) is 34.9. The smallest absolute Gasteiger partial charge is 0.325 e. The molecule has 0 saturated carbocycles. The van der Waals surface area contributed by atoms with Crippen LogP contribution in [0.15, 0.2) is 85.2 Å². The van der Waals surface area contributed by atoms with Crippen LogP contribution in [0.5, 0.6) is 5.75 Å². The Balaban J connectivity index is 1.09. The summed E-state index contributed by atoms with van der Waals surface area (Å²) < 4.78 is 0. The number of aromatic hydroxyl groups is 1. The highest BCUT2D eigenvalue weighted by Gasteiger charge is 2.41. The predicted molar refractivity (Wildman–Crippen MR) is 496 cm³/mol. The number of carboxylic acids is 2. The lowest BCUT2D eigenvalue weighted by Crippen LogP contribution is -2.60. The Kier molecular flexibility index (Phi) is 44.2. The normalized spacial score (nSPS) is 15.5. The zero-order valence-corrected chi connectivity index (χ0v) is 78.1. The lowest BCUT2D eigenvalue weighted by atomic mass is 10.0. The molecule has 1 aliphatic rings. The summed E-state index contributed by atoms with van der Waals surface area (Å²) in [7, 11) is 0. The molecule has 18 amide bonds. The van der Waals surface area contributed by atoms with E-state index in [1.54, 1.807) is 88.6 Å². The largest absolute Gasteiger partial charge is 0.508 e. The molecule has 6 rings (SSSR count). The SMILES string of the molecule is CC(C)C[C@H](NC(=O)[C@H](CO)NC(=O)[C@H](CCC(N)=O)NC(=O)[C@H](CS)NC(=O)[C@@H](N)CC(C)C)C(=O)NCC(=O)N[C@@H](CCC(=O)O)C(=O)N[C@@H](C)C(=O)N[C@@H](Cc1ccc(O)cc1)C(=O)N1CCC[C@H]1C(=O)NCC(=O)N[C@@H](Cc1c[nH]c2ccccc12)C(=O)N[C@@H](CC(C)C)C(=O)N[C@@H](C)C(=O)NCC(=O)N[C@@H](Cc1c[nH]c2ccccc12)C(=O)N[C@@H](CS)C(=O)N[C@@H](C)C(=O)O. The number of H-pyrrole nitrogens is 2. The Hall–Kier alpha value is -13.4. The van der Waals surface area contributed by atoms with E-state index in [1.807, 2.05) is 13.8 Å². The van der Waals surface area contributed by atoms with Crippen LogP contribution in [-0.4, -0.2) is 288 Å². The molecule has 0 spiro atoms. The lowest BCUT2D eigenvalue weighted by molar-refractivity contribution is -0.142. The summed E-state index contributed by atoms with van der Waals surface area (Å²) in [6.45, 7) is 10.7. The van der Waals surface area contributed by atoms with Crippen molar-refractivity contribution in [1.82, 2.24) is 99.9 Å². The van der Waals surface area contributed by atoms with Gasteiger partial charge >= 0.3 is 11.9 Å². The molecule has 1 saturated heterocycles. The van der Waals surface area contributed by atoms with Crippen molar-refractivity contribution in [3.8, 4) is 5.75 Å². The summed E-state index contributed by atoms with van der Waals surface area (Å²) in [5.74, 6) is -20.7. The van der Waals surface area contributed by atoms with Crippen LogP contribution in [0.1, 0.15) is 137 Å². The number of aliphatic carboxylic acids is 2. The van der Waals surface area contributed by atoms with Crippen LogP contribution in [0.25, 0.3) is 21.8 Å². The molecule has 135 heavy (non-hydrogen) atoms. The number of benzene rings is 3. The van der Waals surface area contributed by atoms with Gasteiger partial charge in [-0.2, -0.15) is 25.3 Å². The zero-order valence-electron chi connectivity index (χ0n) is 76.4. The standard InChI is InChI=1S/C88H125N21O24S2/c1-43(2)29-55(89)76(120)107-67(42-135)85(129)102-59(24-26-69(90)112)79(123)106-65(40-110)83(127)103-60(30-44(3)4)77(121)94-38-70(113)99-58(25-27-73(116)117)78(122)97-47(8)75(119)105-64(32-49-20-22-52(111)23-21-49)87(131)109-28-14-19-68(109)86(130)95-39-72(115)100-62(33-50-35-91-56-17-12-10-15-53(50)56)81(125)104-61(31-45(5)6)80(124)96-46(7)74(118)93-37-71(114)101-63(34-51-36-92-57-18-13-11-16-54(51)57)82(126)108-66(41-134)84(128)98-48(9)88(132)133/h10-13,15-18,20-23,35-36,43-48,55,58-68,91-92,110-111,134-135H,14,19,24-34,37-42,89H2,1-9H3,(H2,90,112)(H,93,118)(H,94,121)(H,95,130)(H,96,124)(H,97,122)(H,98,128)(H,99,113)(H,100,115)(H,101,114)(H,102,129)(H,103,127)(H,104,125)(H,105,119)(H,106,123)(H,107,120)(H,108,126)(H,116,117)(H,132,133)/t46-,47-,48-,55-,58-,59-,60-,61-,62-,63-,64-,65-,66-,67-,68-/m0/s1. The van der Waals surface area contributed by atoms with Gasteiger partial charge in [-0.1, -0.05) is 90.1 Å². The quantitative estimate of drug-likeness (QED) is 0.0164. The molecule has 738 valence electrons. The van der Waals surface area contributed by atoms with Crippen molar-refractivity contribution < 1.29 is 116 Å². The van der Waals surface area contributed by atoms with Crippen LogP contribution in [0, 0.1) is 17.8 Å². The Morgan fingerprint density at radius 3 is 1.31 bits per heavy atom. The van der Waals surface area contributed by atoms with Crippen LogP contribution in [0.4, 0.5) is 0 Å². The van der Waals surface area contributed by atoms with E-state index in [9.17, 15) is 116 Å². The van der Waals surface area contributed by atoms with Crippen LogP contribution in [-0.2, 0) is 115 Å². The van der Waals surface area contributed by atoms with Gasteiger partial charge in [0.1, 0.15) is 90.3 Å². The average Bonchev–Trinajstić information content (AvgIpc) is 1.64. The number of amides is 18. The number of phenolic OH excluding ortho intramolecular Hbond substituents is 1. The van der Waals surface area contributed by atoms with E-state index < -0.39 is 261 Å². The number of phenols is 1. The number of primary amides is 1. The first kappa shape index (κ1) is 110. The number of nitrogens with two attached hydrogens (primary N) is 2. The fraction of sp³-hybridized carbons (Fsp3) is 0.523. The fourth-order valence-corrected chi connectivity index (χ4v) is 14.9. The van der Waals surface area contributed by atoms with Gasteiger partial charge in [0.15, 0.2) is 0 Å². The summed E-state index contributed by atoms with van der Waals surface area (Å²) >= 11 is 8.31. The van der Waals surface area contributed by atoms with Crippen molar-refractivity contribution in [3.63, 3.8) is 0 Å². The summed E-state index contributed by atoms with van der Waals surface area (Å²) in [5, 5.41) is 80.3. The Morgan fingerprint density at radius 2 is 0.815 bits per heavy atom. The number of hydrogen-bond donors (Lipinski definition) is 26. The maximum atomic E-state index is 14.9. The van der Waals surface area contributed by atoms with Gasteiger partial charge in [-0.25, -0.2) is 0 Å². The number of carbonyl (C=O) groups is 20. The molecule has 3 heterocycles. The van der Waals surface area contributed by atoms with Crippen LogP contribution in [0.3, 0.4) is 0 Å². The molecule has 1 aliphatic heterocycles. The predicted octanol–water partition coefficient (Wildman–Crippen LogP) is -4.38.